The lowest BCUT2D eigenvalue weighted by Gasteiger charge is -2.11. The van der Waals surface area contributed by atoms with Crippen LogP contribution in [-0.4, -0.2) is 22.0 Å². The maximum absolute atomic E-state index is 12.6. The van der Waals surface area contributed by atoms with Crippen molar-refractivity contribution >= 4 is 27.7 Å². The Kier molecular flexibility index (Phi) is 6.13. The second-order valence-corrected chi connectivity index (χ2v) is 8.96. The summed E-state index contributed by atoms with van der Waals surface area (Å²) in [7, 11) is 0. The summed E-state index contributed by atoms with van der Waals surface area (Å²) in [5, 5.41) is 5.58. The maximum atomic E-state index is 12.6. The van der Waals surface area contributed by atoms with E-state index in [1.807, 2.05) is 38.1 Å². The van der Waals surface area contributed by atoms with Gasteiger partial charge in [0.25, 0.3) is 5.91 Å². The van der Waals surface area contributed by atoms with Crippen molar-refractivity contribution in [3.63, 3.8) is 0 Å². The zero-order chi connectivity index (χ0) is 23.5. The van der Waals surface area contributed by atoms with Gasteiger partial charge in [0, 0.05) is 25.1 Å². The van der Waals surface area contributed by atoms with E-state index in [1.54, 1.807) is 0 Å². The second-order valence-electron chi connectivity index (χ2n) is 8.96. The fourth-order valence-corrected chi connectivity index (χ4v) is 4.62. The van der Waals surface area contributed by atoms with Gasteiger partial charge >= 0.3 is 0 Å². The van der Waals surface area contributed by atoms with Crippen LogP contribution in [0.5, 0.6) is 0 Å². The van der Waals surface area contributed by atoms with Crippen LogP contribution in [0.4, 0.5) is 0 Å². The molecule has 0 atom stereocenters. The molecule has 0 saturated heterocycles. The van der Waals surface area contributed by atoms with E-state index in [0.29, 0.717) is 6.54 Å². The topological polar surface area (TPSA) is 46.9 Å². The number of imidazole rings is 1. The number of rotatable bonds is 7. The molecule has 0 unspecified atom stereocenters. The molecule has 170 valence electrons. The van der Waals surface area contributed by atoms with Crippen LogP contribution >= 0.6 is 0 Å². The fourth-order valence-electron chi connectivity index (χ4n) is 4.62. The van der Waals surface area contributed by atoms with Crippen molar-refractivity contribution in [1.29, 1.82) is 0 Å². The zero-order valence-corrected chi connectivity index (χ0v) is 19.7. The minimum absolute atomic E-state index is 0.0119. The van der Waals surface area contributed by atoms with Crippen LogP contribution in [0.25, 0.3) is 21.8 Å². The van der Waals surface area contributed by atoms with Gasteiger partial charge in [0.2, 0.25) is 0 Å². The Hall–Kier alpha value is -3.92. The van der Waals surface area contributed by atoms with E-state index in [4.69, 9.17) is 4.98 Å². The molecule has 5 aromatic rings. The first-order valence-corrected chi connectivity index (χ1v) is 11.9. The molecule has 4 aromatic carbocycles. The van der Waals surface area contributed by atoms with Gasteiger partial charge in [-0.05, 0) is 66.4 Å². The molecule has 1 aromatic heterocycles. The van der Waals surface area contributed by atoms with Crippen molar-refractivity contribution in [2.45, 2.75) is 33.2 Å². The summed E-state index contributed by atoms with van der Waals surface area (Å²) >= 11 is 0. The predicted molar refractivity (Wildman–Crippen MR) is 139 cm³/mol. The minimum Gasteiger partial charge on any atom is -0.352 e. The van der Waals surface area contributed by atoms with Gasteiger partial charge in [0.05, 0.1) is 11.0 Å². The van der Waals surface area contributed by atoms with Crippen LogP contribution < -0.4 is 5.32 Å². The first-order valence-electron chi connectivity index (χ1n) is 11.9. The Morgan fingerprint density at radius 3 is 2.53 bits per heavy atom. The number of hydrogen-bond acceptors (Lipinski definition) is 2. The van der Waals surface area contributed by atoms with Gasteiger partial charge in [-0.15, -0.1) is 0 Å². The monoisotopic (exact) mass is 447 g/mol. The lowest BCUT2D eigenvalue weighted by atomic mass is 10.1. The summed E-state index contributed by atoms with van der Waals surface area (Å²) in [6.07, 6.45) is 1.63. The van der Waals surface area contributed by atoms with Crippen molar-refractivity contribution in [3.8, 4) is 0 Å². The standard InChI is InChI=1S/C30H29N3O/c1-21-13-16-26(22(2)18-21)30(34)31-17-7-12-29-32-27-10-5-6-11-28(27)33(29)20-23-14-15-24-8-3-4-9-25(24)19-23/h3-6,8-11,13-16,18-19H,7,12,17,20H2,1-2H3,(H,31,34). The fraction of sp³-hybridized carbons (Fsp3) is 0.200. The number of nitrogens with one attached hydrogen (secondary N) is 1. The number of carbonyl (C=O) groups is 1. The quantitative estimate of drug-likeness (QED) is 0.301. The third-order valence-electron chi connectivity index (χ3n) is 6.38. The molecular formula is C30H29N3O. The average Bonchev–Trinajstić information content (AvgIpc) is 3.19. The number of amides is 1. The summed E-state index contributed by atoms with van der Waals surface area (Å²) < 4.78 is 2.31. The molecule has 4 nitrogen and oxygen atoms in total. The van der Waals surface area contributed by atoms with Crippen LogP contribution in [0.15, 0.2) is 84.9 Å². The smallest absolute Gasteiger partial charge is 0.251 e. The second kappa shape index (κ2) is 9.52. The molecule has 1 amide bonds. The minimum atomic E-state index is -0.0119. The highest BCUT2D eigenvalue weighted by molar-refractivity contribution is 5.95. The van der Waals surface area contributed by atoms with E-state index in [9.17, 15) is 4.79 Å². The molecule has 0 spiro atoms. The normalized spacial score (nSPS) is 11.2. The Balaban J connectivity index is 1.31. The summed E-state index contributed by atoms with van der Waals surface area (Å²) in [5.74, 6) is 1.04. The molecule has 0 aliphatic carbocycles. The van der Waals surface area contributed by atoms with E-state index < -0.39 is 0 Å². The highest BCUT2D eigenvalue weighted by Crippen LogP contribution is 2.21. The molecule has 34 heavy (non-hydrogen) atoms. The van der Waals surface area contributed by atoms with E-state index in [1.165, 1.54) is 21.9 Å². The van der Waals surface area contributed by atoms with Crippen molar-refractivity contribution in [3.05, 3.63) is 113 Å². The van der Waals surface area contributed by atoms with Crippen LogP contribution in [0.3, 0.4) is 0 Å². The van der Waals surface area contributed by atoms with Crippen molar-refractivity contribution in [2.75, 3.05) is 6.54 Å². The SMILES string of the molecule is Cc1ccc(C(=O)NCCCc2nc3ccccc3n2Cc2ccc3ccccc3c2)c(C)c1. The highest BCUT2D eigenvalue weighted by Gasteiger charge is 2.12. The Labute approximate surface area is 200 Å². The van der Waals surface area contributed by atoms with Gasteiger partial charge in [-0.25, -0.2) is 4.98 Å². The molecule has 1 N–H and O–H groups in total. The summed E-state index contributed by atoms with van der Waals surface area (Å²) in [6.45, 7) is 5.41. The number of fused-ring (bicyclic) bond motifs is 2. The largest absolute Gasteiger partial charge is 0.352 e. The zero-order valence-electron chi connectivity index (χ0n) is 19.7. The highest BCUT2D eigenvalue weighted by atomic mass is 16.1. The van der Waals surface area contributed by atoms with Crippen molar-refractivity contribution in [2.24, 2.45) is 0 Å². The van der Waals surface area contributed by atoms with Gasteiger partial charge < -0.3 is 9.88 Å². The van der Waals surface area contributed by atoms with Crippen LogP contribution in [0, 0.1) is 13.8 Å². The predicted octanol–water partition coefficient (Wildman–Crippen LogP) is 6.22. The van der Waals surface area contributed by atoms with Gasteiger partial charge in [0.15, 0.2) is 0 Å². The molecule has 1 heterocycles. The number of benzene rings is 4. The molecule has 0 aliphatic heterocycles. The molecule has 4 heteroatoms. The first kappa shape index (κ1) is 21.9. The van der Waals surface area contributed by atoms with Crippen LogP contribution in [0.1, 0.15) is 39.3 Å². The van der Waals surface area contributed by atoms with Crippen molar-refractivity contribution in [1.82, 2.24) is 14.9 Å². The third kappa shape index (κ3) is 4.58. The Morgan fingerprint density at radius 1 is 0.882 bits per heavy atom. The number of aromatic nitrogens is 2. The molecule has 0 bridgehead atoms. The Morgan fingerprint density at radius 2 is 1.68 bits per heavy atom. The summed E-state index contributed by atoms with van der Waals surface area (Å²) in [5.41, 5.74) is 6.33. The van der Waals surface area contributed by atoms with Gasteiger partial charge in [-0.1, -0.05) is 66.2 Å². The van der Waals surface area contributed by atoms with Crippen LogP contribution in [-0.2, 0) is 13.0 Å². The van der Waals surface area contributed by atoms with Crippen LogP contribution in [0.2, 0.25) is 0 Å². The number of hydrogen-bond donors (Lipinski definition) is 1. The van der Waals surface area contributed by atoms with Gasteiger partial charge in [-0.2, -0.15) is 0 Å². The van der Waals surface area contributed by atoms with Gasteiger partial charge in [-0.3, -0.25) is 4.79 Å². The number of nitrogens with zero attached hydrogens (tertiary/aromatic N) is 2. The molecule has 0 saturated carbocycles. The molecular weight excluding hydrogens is 418 g/mol. The molecule has 0 radical (unpaired) electrons. The van der Waals surface area contributed by atoms with E-state index in [0.717, 1.165) is 47.4 Å². The Bertz CT molecular complexity index is 1480. The average molecular weight is 448 g/mol. The third-order valence-corrected chi connectivity index (χ3v) is 6.38. The molecule has 5 rings (SSSR count). The first-order chi connectivity index (χ1) is 16.6. The van der Waals surface area contributed by atoms with Crippen molar-refractivity contribution < 1.29 is 4.79 Å². The number of para-hydroxylation sites is 2. The summed E-state index contributed by atoms with van der Waals surface area (Å²) in [4.78, 5) is 17.5. The van der Waals surface area contributed by atoms with E-state index >= 15 is 0 Å². The molecule has 0 aliphatic rings. The maximum Gasteiger partial charge on any atom is 0.251 e. The van der Waals surface area contributed by atoms with Gasteiger partial charge in [0.1, 0.15) is 5.82 Å². The number of aryl methyl sites for hydroxylation is 3. The molecule has 0 fully saturated rings. The summed E-state index contributed by atoms with van der Waals surface area (Å²) in [6, 6.07) is 29.3. The van der Waals surface area contributed by atoms with E-state index in [-0.39, 0.29) is 5.91 Å². The lowest BCUT2D eigenvalue weighted by Crippen LogP contribution is -2.25. The van der Waals surface area contributed by atoms with E-state index in [2.05, 4.69) is 70.5 Å². The lowest BCUT2D eigenvalue weighted by molar-refractivity contribution is 0.0952. The number of carbonyl (C=O) groups excluding carboxylic acids is 1.